The Kier molecular flexibility index (Phi) is 47.3. The number of aliphatic hydroxyl groups excluding tert-OH is 1. The van der Waals surface area contributed by atoms with E-state index < -0.39 is 20.0 Å². The number of amides is 1. The van der Waals surface area contributed by atoms with E-state index in [1.165, 1.54) is 218 Å². The summed E-state index contributed by atoms with van der Waals surface area (Å²) in [5.74, 6) is -0.183. The fourth-order valence-corrected chi connectivity index (χ4v) is 9.21. The number of aliphatic hydroxyl groups is 1. The van der Waals surface area contributed by atoms with Crippen molar-refractivity contribution in [2.24, 2.45) is 0 Å². The number of carbonyl (C=O) groups is 1. The lowest BCUT2D eigenvalue weighted by Crippen LogP contribution is -2.45. The third-order valence-electron chi connectivity index (χ3n) is 12.9. The highest BCUT2D eigenvalue weighted by Gasteiger charge is 2.27. The van der Waals surface area contributed by atoms with Gasteiger partial charge in [0.25, 0.3) is 0 Å². The molecule has 0 bridgehead atoms. The molecule has 3 atom stereocenters. The van der Waals surface area contributed by atoms with E-state index >= 15 is 0 Å². The minimum Gasteiger partial charge on any atom is -0.387 e. The Morgan fingerprint density at radius 2 is 0.846 bits per heavy atom. The van der Waals surface area contributed by atoms with Crippen LogP contribution < -0.4 is 5.32 Å². The Hall–Kier alpha value is -1.02. The van der Waals surface area contributed by atoms with Gasteiger partial charge < -0.3 is 19.8 Å². The standard InChI is InChI=1S/C56H111N2O6P/c1-6-8-10-12-14-16-18-20-21-22-23-24-25-26-27-28-29-30-31-32-33-34-35-36-37-38-40-42-44-46-48-50-56(60)57-54(53-64-65(61,62)63-52-51-58(3,4)5)55(59)49-47-45-43-41-39-19-17-15-13-11-9-7-2/h39,41,47,49,54-55,59H,6-38,40,42-46,48,50-53H2,1-5H3,(H-,57,60,61,62)/p+1/b41-39+,49-47+. The zero-order chi connectivity index (χ0) is 47.8. The smallest absolute Gasteiger partial charge is 0.387 e. The minimum atomic E-state index is -4.34. The van der Waals surface area contributed by atoms with E-state index in [1.807, 2.05) is 27.2 Å². The molecule has 386 valence electrons. The second kappa shape index (κ2) is 48.0. The highest BCUT2D eigenvalue weighted by Crippen LogP contribution is 2.43. The summed E-state index contributed by atoms with van der Waals surface area (Å²) in [6.07, 6.45) is 60.2. The van der Waals surface area contributed by atoms with Gasteiger partial charge in [-0.15, -0.1) is 0 Å². The van der Waals surface area contributed by atoms with Gasteiger partial charge in [-0.2, -0.15) is 0 Å². The molecule has 0 aliphatic rings. The number of nitrogens with zero attached hydrogens (tertiary/aromatic N) is 1. The summed E-state index contributed by atoms with van der Waals surface area (Å²) < 4.78 is 23.6. The Labute approximate surface area is 404 Å². The Bertz CT molecular complexity index is 1110. The maximum Gasteiger partial charge on any atom is 0.472 e. The molecule has 0 saturated heterocycles. The van der Waals surface area contributed by atoms with Crippen LogP contribution in [0.25, 0.3) is 0 Å². The molecular weight excluding hydrogens is 828 g/mol. The van der Waals surface area contributed by atoms with Crippen LogP contribution in [0.15, 0.2) is 24.3 Å². The molecule has 65 heavy (non-hydrogen) atoms. The van der Waals surface area contributed by atoms with E-state index in [0.717, 1.165) is 38.5 Å². The molecule has 0 saturated carbocycles. The molecule has 0 fully saturated rings. The largest absolute Gasteiger partial charge is 0.472 e. The molecule has 8 nitrogen and oxygen atoms in total. The van der Waals surface area contributed by atoms with E-state index in [2.05, 4.69) is 31.3 Å². The molecule has 0 radical (unpaired) electrons. The van der Waals surface area contributed by atoms with Crippen molar-refractivity contribution in [1.82, 2.24) is 5.32 Å². The van der Waals surface area contributed by atoms with Crippen LogP contribution in [-0.2, 0) is 18.4 Å². The quantitative estimate of drug-likeness (QED) is 0.0243. The summed E-state index contributed by atoms with van der Waals surface area (Å²) in [5, 5.41) is 13.8. The molecule has 0 aromatic heterocycles. The Morgan fingerprint density at radius 3 is 1.23 bits per heavy atom. The predicted molar refractivity (Wildman–Crippen MR) is 281 cm³/mol. The number of hydrogen-bond donors (Lipinski definition) is 3. The normalized spacial score (nSPS) is 14.1. The first-order valence-electron chi connectivity index (χ1n) is 28.2. The van der Waals surface area contributed by atoms with Gasteiger partial charge in [0.1, 0.15) is 13.2 Å². The van der Waals surface area contributed by atoms with Crippen LogP contribution in [0.2, 0.25) is 0 Å². The van der Waals surface area contributed by atoms with E-state index in [4.69, 9.17) is 9.05 Å². The Balaban J connectivity index is 4.00. The average molecular weight is 940 g/mol. The molecule has 3 unspecified atom stereocenters. The first-order valence-corrected chi connectivity index (χ1v) is 29.7. The lowest BCUT2D eigenvalue weighted by atomic mass is 10.0. The van der Waals surface area contributed by atoms with Crippen LogP contribution >= 0.6 is 7.82 Å². The number of allylic oxidation sites excluding steroid dienone is 3. The lowest BCUT2D eigenvalue weighted by Gasteiger charge is -2.25. The second-order valence-electron chi connectivity index (χ2n) is 20.7. The summed E-state index contributed by atoms with van der Waals surface area (Å²) in [7, 11) is 1.56. The van der Waals surface area contributed by atoms with E-state index in [9.17, 15) is 19.4 Å². The summed E-state index contributed by atoms with van der Waals surface area (Å²) in [4.78, 5) is 23.2. The maximum atomic E-state index is 12.9. The number of likely N-dealkylation sites (N-methyl/N-ethyl adjacent to an activating group) is 1. The first-order chi connectivity index (χ1) is 31.5. The summed E-state index contributed by atoms with van der Waals surface area (Å²) >= 11 is 0. The molecule has 0 aromatic rings. The van der Waals surface area contributed by atoms with Crippen LogP contribution in [0, 0.1) is 0 Å². The van der Waals surface area contributed by atoms with Gasteiger partial charge >= 0.3 is 7.82 Å². The number of phosphoric acid groups is 1. The number of carbonyl (C=O) groups excluding carboxylic acids is 1. The van der Waals surface area contributed by atoms with E-state index in [1.54, 1.807) is 6.08 Å². The number of unbranched alkanes of at least 4 members (excludes halogenated alkanes) is 37. The van der Waals surface area contributed by atoms with Crippen LogP contribution in [0.1, 0.15) is 277 Å². The monoisotopic (exact) mass is 940 g/mol. The molecule has 0 spiro atoms. The molecular formula is C56H112N2O6P+. The van der Waals surface area contributed by atoms with Crippen LogP contribution in [-0.4, -0.2) is 73.4 Å². The number of phosphoric ester groups is 1. The minimum absolute atomic E-state index is 0.0584. The third-order valence-corrected chi connectivity index (χ3v) is 13.9. The van der Waals surface area contributed by atoms with Gasteiger partial charge in [-0.05, 0) is 32.1 Å². The Morgan fingerprint density at radius 1 is 0.508 bits per heavy atom. The van der Waals surface area contributed by atoms with Crippen LogP contribution in [0.4, 0.5) is 0 Å². The number of quaternary nitrogens is 1. The molecule has 0 heterocycles. The van der Waals surface area contributed by atoms with Gasteiger partial charge in [0, 0.05) is 6.42 Å². The number of hydrogen-bond acceptors (Lipinski definition) is 5. The van der Waals surface area contributed by atoms with Crippen LogP contribution in [0.3, 0.4) is 0 Å². The molecule has 0 aliphatic carbocycles. The lowest BCUT2D eigenvalue weighted by molar-refractivity contribution is -0.870. The van der Waals surface area contributed by atoms with Gasteiger partial charge in [-0.3, -0.25) is 13.8 Å². The van der Waals surface area contributed by atoms with Gasteiger partial charge in [0.15, 0.2) is 0 Å². The van der Waals surface area contributed by atoms with Crippen molar-refractivity contribution < 1.29 is 32.9 Å². The topological polar surface area (TPSA) is 105 Å². The van der Waals surface area contributed by atoms with E-state index in [-0.39, 0.29) is 19.1 Å². The van der Waals surface area contributed by atoms with Crippen molar-refractivity contribution in [3.05, 3.63) is 24.3 Å². The summed E-state index contributed by atoms with van der Waals surface area (Å²) in [6, 6.07) is -0.858. The molecule has 1 amide bonds. The van der Waals surface area contributed by atoms with Gasteiger partial charge in [0.05, 0.1) is 39.9 Å². The van der Waals surface area contributed by atoms with Crippen LogP contribution in [0.5, 0.6) is 0 Å². The summed E-state index contributed by atoms with van der Waals surface area (Å²) in [5.41, 5.74) is 0. The average Bonchev–Trinajstić information content (AvgIpc) is 3.26. The van der Waals surface area contributed by atoms with Gasteiger partial charge in [-0.25, -0.2) is 4.57 Å². The zero-order valence-electron chi connectivity index (χ0n) is 44.0. The number of nitrogens with one attached hydrogen (secondary N) is 1. The first kappa shape index (κ1) is 64.0. The number of rotatable bonds is 52. The fraction of sp³-hybridized carbons (Fsp3) is 0.911. The molecule has 9 heteroatoms. The maximum absolute atomic E-state index is 12.9. The zero-order valence-corrected chi connectivity index (χ0v) is 44.9. The highest BCUT2D eigenvalue weighted by atomic mass is 31.2. The van der Waals surface area contributed by atoms with Crippen molar-refractivity contribution >= 4 is 13.7 Å². The van der Waals surface area contributed by atoms with E-state index in [0.29, 0.717) is 17.4 Å². The van der Waals surface area contributed by atoms with Crippen molar-refractivity contribution in [2.75, 3.05) is 40.9 Å². The molecule has 0 aromatic carbocycles. The van der Waals surface area contributed by atoms with Crippen molar-refractivity contribution in [3.63, 3.8) is 0 Å². The molecule has 3 N–H and O–H groups in total. The third kappa shape index (κ3) is 50.7. The molecule has 0 rings (SSSR count). The van der Waals surface area contributed by atoms with Gasteiger partial charge in [0.2, 0.25) is 5.91 Å². The van der Waals surface area contributed by atoms with Crippen molar-refractivity contribution in [3.8, 4) is 0 Å². The summed E-state index contributed by atoms with van der Waals surface area (Å²) in [6.45, 7) is 4.81. The highest BCUT2D eigenvalue weighted by molar-refractivity contribution is 7.47. The fourth-order valence-electron chi connectivity index (χ4n) is 8.47. The second-order valence-corrected chi connectivity index (χ2v) is 22.1. The molecule has 0 aliphatic heterocycles. The van der Waals surface area contributed by atoms with Crippen molar-refractivity contribution in [2.45, 2.75) is 289 Å². The van der Waals surface area contributed by atoms with Gasteiger partial charge in [-0.1, -0.05) is 263 Å². The van der Waals surface area contributed by atoms with Crippen molar-refractivity contribution in [1.29, 1.82) is 0 Å². The SMILES string of the molecule is CCCCCCCC/C=C/CC/C=C/C(O)C(COP(=O)(O)OCC[N+](C)(C)C)NC(=O)CCCCCCCCCCCCCCCCCCCCCCCCCCCCCCCCC. The predicted octanol–water partition coefficient (Wildman–Crippen LogP) is 16.8.